The Balaban J connectivity index is 3.12. The molecule has 0 fully saturated rings. The van der Waals surface area contributed by atoms with E-state index in [9.17, 15) is 14.4 Å². The van der Waals surface area contributed by atoms with Gasteiger partial charge in [-0.1, -0.05) is 6.92 Å². The number of benzene rings is 1. The van der Waals surface area contributed by atoms with Crippen molar-refractivity contribution in [3.05, 3.63) is 34.9 Å². The third-order valence-electron chi connectivity index (χ3n) is 3.52. The summed E-state index contributed by atoms with van der Waals surface area (Å²) in [6, 6.07) is 4.00. The van der Waals surface area contributed by atoms with Gasteiger partial charge in [-0.25, -0.2) is 9.59 Å². The van der Waals surface area contributed by atoms with Gasteiger partial charge < -0.3 is 19.9 Å². The number of ether oxygens (including phenoxy) is 3. The maximum atomic E-state index is 11.7. The smallest absolute Gasteiger partial charge is 0.337 e. The summed E-state index contributed by atoms with van der Waals surface area (Å²) in [4.78, 5) is 35.0. The van der Waals surface area contributed by atoms with Crippen molar-refractivity contribution >= 4 is 17.9 Å². The molecule has 0 saturated carbocycles. The Hall–Kier alpha value is -2.41. The number of esters is 3. The first-order valence-corrected chi connectivity index (χ1v) is 6.98. The van der Waals surface area contributed by atoms with Crippen LogP contribution in [0.4, 0.5) is 0 Å². The summed E-state index contributed by atoms with van der Waals surface area (Å²) in [7, 11) is 3.79. The van der Waals surface area contributed by atoms with Crippen LogP contribution >= 0.6 is 0 Å². The van der Waals surface area contributed by atoms with E-state index in [2.05, 4.69) is 14.2 Å². The van der Waals surface area contributed by atoms with Gasteiger partial charge in [0.1, 0.15) is 0 Å². The highest BCUT2D eigenvalue weighted by Crippen LogP contribution is 2.16. The Kier molecular flexibility index (Phi) is 6.71. The van der Waals surface area contributed by atoms with Gasteiger partial charge in [0, 0.05) is 6.04 Å². The predicted molar refractivity (Wildman–Crippen MR) is 82.0 cm³/mol. The van der Waals surface area contributed by atoms with Crippen LogP contribution < -0.4 is 5.73 Å². The number of nitrogens with two attached hydrogens (primary N) is 1. The van der Waals surface area contributed by atoms with Crippen molar-refractivity contribution in [3.8, 4) is 0 Å². The van der Waals surface area contributed by atoms with Crippen LogP contribution in [0.25, 0.3) is 0 Å². The van der Waals surface area contributed by atoms with Crippen molar-refractivity contribution in [1.82, 2.24) is 0 Å². The minimum Gasteiger partial charge on any atom is -0.469 e. The van der Waals surface area contributed by atoms with Gasteiger partial charge in [0.15, 0.2) is 0 Å². The lowest BCUT2D eigenvalue weighted by molar-refractivity contribution is -0.145. The molecule has 0 aromatic heterocycles. The van der Waals surface area contributed by atoms with Crippen molar-refractivity contribution in [1.29, 1.82) is 0 Å². The van der Waals surface area contributed by atoms with Gasteiger partial charge in [0.25, 0.3) is 0 Å². The highest BCUT2D eigenvalue weighted by molar-refractivity contribution is 5.95. The fraction of sp³-hybridized carbons (Fsp3) is 0.438. The van der Waals surface area contributed by atoms with E-state index in [-0.39, 0.29) is 17.5 Å². The monoisotopic (exact) mass is 323 g/mol. The number of hydrogen-bond acceptors (Lipinski definition) is 7. The maximum Gasteiger partial charge on any atom is 0.337 e. The topological polar surface area (TPSA) is 105 Å². The molecule has 2 unspecified atom stereocenters. The predicted octanol–water partition coefficient (Wildman–Crippen LogP) is 0.939. The summed E-state index contributed by atoms with van der Waals surface area (Å²) in [5.41, 5.74) is 7.05. The van der Waals surface area contributed by atoms with Crippen molar-refractivity contribution in [3.63, 3.8) is 0 Å². The summed E-state index contributed by atoms with van der Waals surface area (Å²) in [5.74, 6) is -2.10. The van der Waals surface area contributed by atoms with Crippen LogP contribution in [0.1, 0.15) is 33.2 Å². The van der Waals surface area contributed by atoms with Crippen LogP contribution in [0.15, 0.2) is 18.2 Å². The molecule has 0 spiro atoms. The Morgan fingerprint density at radius 1 is 0.957 bits per heavy atom. The Morgan fingerprint density at radius 3 is 1.83 bits per heavy atom. The van der Waals surface area contributed by atoms with Crippen molar-refractivity contribution < 1.29 is 28.6 Å². The normalized spacial score (nSPS) is 12.9. The lowest BCUT2D eigenvalue weighted by Crippen LogP contribution is -2.36. The van der Waals surface area contributed by atoms with Crippen LogP contribution in [0, 0.1) is 5.92 Å². The third-order valence-corrected chi connectivity index (χ3v) is 3.52. The van der Waals surface area contributed by atoms with E-state index in [4.69, 9.17) is 5.73 Å². The Labute approximate surface area is 134 Å². The van der Waals surface area contributed by atoms with Crippen LogP contribution in [0.2, 0.25) is 0 Å². The summed E-state index contributed by atoms with van der Waals surface area (Å²) < 4.78 is 14.0. The molecule has 0 heterocycles. The Bertz CT molecular complexity index is 564. The number of methoxy groups -OCH3 is 3. The molecular weight excluding hydrogens is 302 g/mol. The summed E-state index contributed by atoms with van der Waals surface area (Å²) in [6.45, 7) is 1.65. The van der Waals surface area contributed by atoms with E-state index >= 15 is 0 Å². The molecule has 0 radical (unpaired) electrons. The van der Waals surface area contributed by atoms with Crippen LogP contribution in [-0.4, -0.2) is 45.3 Å². The van der Waals surface area contributed by atoms with Gasteiger partial charge in [-0.05, 0) is 30.2 Å². The lowest BCUT2D eigenvalue weighted by atomic mass is 9.93. The molecule has 7 heteroatoms. The number of carbonyl (C=O) groups excluding carboxylic acids is 3. The molecular formula is C16H21NO6. The second-order valence-electron chi connectivity index (χ2n) is 5.08. The van der Waals surface area contributed by atoms with E-state index in [1.54, 1.807) is 19.1 Å². The van der Waals surface area contributed by atoms with E-state index in [0.717, 1.165) is 0 Å². The fourth-order valence-electron chi connectivity index (χ4n) is 2.09. The number of carbonyl (C=O) groups is 3. The van der Waals surface area contributed by atoms with Gasteiger partial charge in [-0.3, -0.25) is 4.79 Å². The summed E-state index contributed by atoms with van der Waals surface area (Å²) >= 11 is 0. The van der Waals surface area contributed by atoms with Crippen LogP contribution in [0.5, 0.6) is 0 Å². The molecule has 0 saturated heterocycles. The Morgan fingerprint density at radius 2 is 1.43 bits per heavy atom. The molecule has 0 aliphatic heterocycles. The first kappa shape index (κ1) is 18.6. The fourth-order valence-corrected chi connectivity index (χ4v) is 2.09. The highest BCUT2D eigenvalue weighted by Gasteiger charge is 2.23. The molecule has 1 rings (SSSR count). The molecule has 1 aromatic carbocycles. The van der Waals surface area contributed by atoms with Gasteiger partial charge in [-0.2, -0.15) is 0 Å². The van der Waals surface area contributed by atoms with Gasteiger partial charge in [0.2, 0.25) is 0 Å². The average Bonchev–Trinajstić information content (AvgIpc) is 2.58. The van der Waals surface area contributed by atoms with Crippen LogP contribution in [0.3, 0.4) is 0 Å². The second-order valence-corrected chi connectivity index (χ2v) is 5.08. The molecule has 0 aliphatic rings. The van der Waals surface area contributed by atoms with Gasteiger partial charge in [0.05, 0.1) is 38.4 Å². The van der Waals surface area contributed by atoms with E-state index in [0.29, 0.717) is 5.56 Å². The van der Waals surface area contributed by atoms with Crippen LogP contribution in [-0.2, 0) is 25.4 Å². The maximum absolute atomic E-state index is 11.7. The molecule has 1 aromatic rings. The van der Waals surface area contributed by atoms with Gasteiger partial charge >= 0.3 is 17.9 Å². The zero-order valence-electron chi connectivity index (χ0n) is 13.6. The van der Waals surface area contributed by atoms with Crippen molar-refractivity contribution in [2.75, 3.05) is 21.3 Å². The van der Waals surface area contributed by atoms with E-state index in [1.807, 2.05) is 0 Å². The SMILES string of the molecule is COC(=O)c1cc(CC(N)C(C)C(=O)OC)cc(C(=O)OC)c1. The zero-order valence-corrected chi connectivity index (χ0v) is 13.6. The van der Waals surface area contributed by atoms with Crippen molar-refractivity contribution in [2.24, 2.45) is 11.7 Å². The molecule has 0 amide bonds. The summed E-state index contributed by atoms with van der Waals surface area (Å²) in [6.07, 6.45) is 0.283. The standard InChI is InChI=1S/C16H21NO6/c1-9(14(18)21-2)13(17)7-10-5-11(15(19)22-3)8-12(6-10)16(20)23-4/h5-6,8-9,13H,7,17H2,1-4H3. The lowest BCUT2D eigenvalue weighted by Gasteiger charge is -2.18. The minimum atomic E-state index is -0.577. The molecule has 23 heavy (non-hydrogen) atoms. The summed E-state index contributed by atoms with van der Waals surface area (Å²) in [5, 5.41) is 0. The third kappa shape index (κ3) is 4.79. The first-order chi connectivity index (χ1) is 10.8. The zero-order chi connectivity index (χ0) is 17.6. The molecule has 0 bridgehead atoms. The second kappa shape index (κ2) is 8.28. The molecule has 126 valence electrons. The largest absolute Gasteiger partial charge is 0.469 e. The number of hydrogen-bond donors (Lipinski definition) is 1. The molecule has 2 atom stereocenters. The van der Waals surface area contributed by atoms with E-state index in [1.165, 1.54) is 27.4 Å². The van der Waals surface area contributed by atoms with E-state index < -0.39 is 29.9 Å². The molecule has 2 N–H and O–H groups in total. The average molecular weight is 323 g/mol. The quantitative estimate of drug-likeness (QED) is 0.613. The highest BCUT2D eigenvalue weighted by atomic mass is 16.5. The first-order valence-electron chi connectivity index (χ1n) is 6.98. The minimum absolute atomic E-state index is 0.211. The van der Waals surface area contributed by atoms with Crippen molar-refractivity contribution in [2.45, 2.75) is 19.4 Å². The number of rotatable bonds is 6. The van der Waals surface area contributed by atoms with Gasteiger partial charge in [-0.15, -0.1) is 0 Å². The molecule has 7 nitrogen and oxygen atoms in total. The molecule has 0 aliphatic carbocycles.